The van der Waals surface area contributed by atoms with Crippen LogP contribution in [0.15, 0.2) is 68.7 Å². The first-order valence-electron chi connectivity index (χ1n) is 9.36. The van der Waals surface area contributed by atoms with E-state index in [9.17, 15) is 14.7 Å². The maximum absolute atomic E-state index is 12.4. The van der Waals surface area contributed by atoms with Crippen molar-refractivity contribution in [1.29, 1.82) is 0 Å². The van der Waals surface area contributed by atoms with Crippen LogP contribution in [0.25, 0.3) is 0 Å². The van der Waals surface area contributed by atoms with Crippen LogP contribution in [0, 0.1) is 0 Å². The van der Waals surface area contributed by atoms with Crippen LogP contribution in [-0.2, 0) is 15.3 Å². The van der Waals surface area contributed by atoms with Gasteiger partial charge in [0, 0.05) is 16.0 Å². The molecule has 1 N–H and O–H groups in total. The first-order valence-corrected chi connectivity index (χ1v) is 10.7. The summed E-state index contributed by atoms with van der Waals surface area (Å²) >= 11 is 7.37. The zero-order valence-electron chi connectivity index (χ0n) is 17.0. The molecule has 0 unspecified atom stereocenters. The van der Waals surface area contributed by atoms with Crippen LogP contribution >= 0.6 is 23.4 Å². The molecule has 6 nitrogen and oxygen atoms in total. The van der Waals surface area contributed by atoms with Crippen molar-refractivity contribution in [1.82, 2.24) is 0 Å². The van der Waals surface area contributed by atoms with Gasteiger partial charge in [-0.2, -0.15) is 0 Å². The lowest BCUT2D eigenvalue weighted by Crippen LogP contribution is -2.14. The summed E-state index contributed by atoms with van der Waals surface area (Å²) in [5, 5.41) is 11.1. The summed E-state index contributed by atoms with van der Waals surface area (Å²) in [5.41, 5.74) is 0.100. The molecule has 1 atom stereocenters. The number of halogens is 1. The van der Waals surface area contributed by atoms with Crippen molar-refractivity contribution in [3.8, 4) is 11.5 Å². The van der Waals surface area contributed by atoms with Crippen LogP contribution in [0.3, 0.4) is 0 Å². The van der Waals surface area contributed by atoms with Crippen LogP contribution in [0.5, 0.6) is 11.5 Å². The summed E-state index contributed by atoms with van der Waals surface area (Å²) in [6.07, 6.45) is -0.104. The molecule has 31 heavy (non-hydrogen) atoms. The molecule has 0 saturated heterocycles. The van der Waals surface area contributed by atoms with Crippen LogP contribution in [0.1, 0.15) is 29.4 Å². The van der Waals surface area contributed by atoms with Gasteiger partial charge in [0.15, 0.2) is 5.76 Å². The fourth-order valence-electron chi connectivity index (χ4n) is 3.00. The van der Waals surface area contributed by atoms with Gasteiger partial charge in [-0.15, -0.1) is 11.8 Å². The fraction of sp³-hybridized carbons (Fsp3) is 0.217. The quantitative estimate of drug-likeness (QED) is 0.374. The summed E-state index contributed by atoms with van der Waals surface area (Å²) < 4.78 is 15.9. The first kappa shape index (κ1) is 22.8. The maximum atomic E-state index is 12.4. The number of rotatable bonds is 8. The van der Waals surface area contributed by atoms with E-state index >= 15 is 0 Å². The second kappa shape index (κ2) is 10.4. The molecular formula is C23H21ClO6S. The zero-order valence-corrected chi connectivity index (χ0v) is 18.5. The van der Waals surface area contributed by atoms with Crippen molar-refractivity contribution in [2.24, 2.45) is 0 Å². The normalized spacial score (nSPS) is 11.7. The van der Waals surface area contributed by atoms with Gasteiger partial charge >= 0.3 is 5.97 Å². The molecule has 0 bridgehead atoms. The summed E-state index contributed by atoms with van der Waals surface area (Å²) in [6.45, 7) is 0. The number of ether oxygens (including phenoxy) is 2. The van der Waals surface area contributed by atoms with Gasteiger partial charge in [-0.05, 0) is 42.0 Å². The molecule has 0 spiro atoms. The Kier molecular flexibility index (Phi) is 7.65. The highest BCUT2D eigenvalue weighted by molar-refractivity contribution is 7.98. The predicted molar refractivity (Wildman–Crippen MR) is 119 cm³/mol. The Morgan fingerprint density at radius 1 is 1.13 bits per heavy atom. The van der Waals surface area contributed by atoms with E-state index < -0.39 is 23.1 Å². The van der Waals surface area contributed by atoms with E-state index in [-0.39, 0.29) is 12.2 Å². The standard InChI is InChI=1S/C23H21ClO6S/c1-28-16-7-3-14(4-8-16)19(12-21(26)29-2)23-22(27)20(25)11-17(30-23)13-31-18-9-5-15(24)6-10-18/h3-11,19,27H,12-13H2,1-2H3/t19-/m0/s1. The Bertz CT molecular complexity index is 1090. The van der Waals surface area contributed by atoms with Crippen LogP contribution in [-0.4, -0.2) is 25.3 Å². The van der Waals surface area contributed by atoms with Gasteiger partial charge in [-0.3, -0.25) is 9.59 Å². The Morgan fingerprint density at radius 3 is 2.42 bits per heavy atom. The highest BCUT2D eigenvalue weighted by atomic mass is 35.5. The molecule has 2 aromatic carbocycles. The second-order valence-electron chi connectivity index (χ2n) is 6.64. The van der Waals surface area contributed by atoms with Gasteiger partial charge < -0.3 is 19.0 Å². The minimum Gasteiger partial charge on any atom is -0.502 e. The highest BCUT2D eigenvalue weighted by Crippen LogP contribution is 2.35. The minimum absolute atomic E-state index is 0.0229. The van der Waals surface area contributed by atoms with Crippen molar-refractivity contribution < 1.29 is 23.8 Å². The van der Waals surface area contributed by atoms with Crippen molar-refractivity contribution >= 4 is 29.3 Å². The van der Waals surface area contributed by atoms with E-state index in [1.807, 2.05) is 12.1 Å². The van der Waals surface area contributed by atoms with E-state index in [1.54, 1.807) is 43.5 Å². The number of thioether (sulfide) groups is 1. The molecule has 162 valence electrons. The minimum atomic E-state index is -0.702. The Balaban J connectivity index is 1.95. The number of methoxy groups -OCH3 is 2. The average Bonchev–Trinajstić information content (AvgIpc) is 2.79. The molecule has 0 aliphatic heterocycles. The third-order valence-electron chi connectivity index (χ3n) is 4.63. The van der Waals surface area contributed by atoms with E-state index in [4.69, 9.17) is 25.5 Å². The first-order chi connectivity index (χ1) is 14.9. The summed E-state index contributed by atoms with van der Waals surface area (Å²) in [7, 11) is 2.83. The molecule has 1 aromatic heterocycles. The van der Waals surface area contributed by atoms with Crippen LogP contribution in [0.4, 0.5) is 0 Å². The van der Waals surface area contributed by atoms with Crippen LogP contribution in [0.2, 0.25) is 5.02 Å². The van der Waals surface area contributed by atoms with Crippen LogP contribution < -0.4 is 10.2 Å². The largest absolute Gasteiger partial charge is 0.502 e. The lowest BCUT2D eigenvalue weighted by atomic mass is 9.92. The zero-order chi connectivity index (χ0) is 22.4. The molecule has 0 amide bonds. The molecule has 0 saturated carbocycles. The average molecular weight is 461 g/mol. The summed E-state index contributed by atoms with van der Waals surface area (Å²) in [4.78, 5) is 25.4. The molecule has 0 aliphatic carbocycles. The van der Waals surface area contributed by atoms with Gasteiger partial charge in [0.05, 0.1) is 32.3 Å². The molecule has 3 aromatic rings. The number of hydrogen-bond acceptors (Lipinski definition) is 7. The van der Waals surface area contributed by atoms with Crippen molar-refractivity contribution in [3.63, 3.8) is 0 Å². The van der Waals surface area contributed by atoms with Gasteiger partial charge in [0.2, 0.25) is 11.2 Å². The molecule has 0 fully saturated rings. The van der Waals surface area contributed by atoms with Crippen molar-refractivity contribution in [3.05, 3.63) is 86.9 Å². The molecular weight excluding hydrogens is 440 g/mol. The SMILES string of the molecule is COC(=O)C[C@@H](c1ccc(OC)cc1)c1oc(CSc2ccc(Cl)cc2)cc(=O)c1O. The summed E-state index contributed by atoms with van der Waals surface area (Å²) in [6, 6.07) is 15.5. The Labute approximate surface area is 188 Å². The molecule has 3 rings (SSSR count). The highest BCUT2D eigenvalue weighted by Gasteiger charge is 2.26. The van der Waals surface area contributed by atoms with Gasteiger partial charge in [0.1, 0.15) is 11.5 Å². The maximum Gasteiger partial charge on any atom is 0.306 e. The molecule has 8 heteroatoms. The fourth-order valence-corrected chi connectivity index (χ4v) is 3.90. The molecule has 0 aliphatic rings. The monoisotopic (exact) mass is 460 g/mol. The van der Waals surface area contributed by atoms with Crippen molar-refractivity contribution in [2.45, 2.75) is 23.0 Å². The third-order valence-corrected chi connectivity index (χ3v) is 5.91. The van der Waals surface area contributed by atoms with Gasteiger partial charge in [-0.1, -0.05) is 23.7 Å². The number of hydrogen-bond donors (Lipinski definition) is 1. The number of carbonyl (C=O) groups is 1. The number of carbonyl (C=O) groups excluding carboxylic acids is 1. The Hall–Kier alpha value is -2.90. The molecule has 0 radical (unpaired) electrons. The van der Waals surface area contributed by atoms with Gasteiger partial charge in [-0.25, -0.2) is 0 Å². The smallest absolute Gasteiger partial charge is 0.306 e. The summed E-state index contributed by atoms with van der Waals surface area (Å²) in [5.74, 6) is -0.326. The van der Waals surface area contributed by atoms with E-state index in [2.05, 4.69) is 0 Å². The predicted octanol–water partition coefficient (Wildman–Crippen LogP) is 4.99. The number of aromatic hydroxyl groups is 1. The van der Waals surface area contributed by atoms with Crippen molar-refractivity contribution in [2.75, 3.05) is 14.2 Å². The van der Waals surface area contributed by atoms with E-state index in [0.29, 0.717) is 27.8 Å². The lowest BCUT2D eigenvalue weighted by molar-refractivity contribution is -0.140. The van der Waals surface area contributed by atoms with Gasteiger partial charge in [0.25, 0.3) is 0 Å². The number of benzene rings is 2. The third kappa shape index (κ3) is 5.83. The topological polar surface area (TPSA) is 86.0 Å². The number of esters is 1. The van der Waals surface area contributed by atoms with E-state index in [1.165, 1.54) is 24.9 Å². The van der Waals surface area contributed by atoms with E-state index in [0.717, 1.165) is 4.90 Å². The Morgan fingerprint density at radius 2 is 1.81 bits per heavy atom. The molecule has 1 heterocycles. The lowest BCUT2D eigenvalue weighted by Gasteiger charge is -2.18. The second-order valence-corrected chi connectivity index (χ2v) is 8.12.